The highest BCUT2D eigenvalue weighted by atomic mass is 32.2. The Labute approximate surface area is 146 Å². The first-order valence-corrected chi connectivity index (χ1v) is 10.3. The summed E-state index contributed by atoms with van der Waals surface area (Å²) in [7, 11) is 0. The molecule has 2 aromatic rings. The van der Waals surface area contributed by atoms with Crippen LogP contribution in [0.3, 0.4) is 0 Å². The summed E-state index contributed by atoms with van der Waals surface area (Å²) in [6.45, 7) is 1.65. The molecule has 0 radical (unpaired) electrons. The van der Waals surface area contributed by atoms with E-state index in [0.29, 0.717) is 0 Å². The maximum Gasteiger partial charge on any atom is 0.249 e. The Morgan fingerprint density at radius 3 is 2.46 bits per heavy atom. The molecule has 0 atom stereocenters. The van der Waals surface area contributed by atoms with Crippen molar-refractivity contribution < 1.29 is 13.3 Å². The Kier molecular flexibility index (Phi) is 4.26. The number of anilines is 1. The Balaban J connectivity index is 1.44. The minimum absolute atomic E-state index is 0.0742. The normalized spacial score (nSPS) is 21.7. The van der Waals surface area contributed by atoms with Crippen LogP contribution in [0, 0.1) is 0 Å². The Morgan fingerprint density at radius 1 is 1.17 bits per heavy atom. The fourth-order valence-corrected chi connectivity index (χ4v) is 5.25. The summed E-state index contributed by atoms with van der Waals surface area (Å²) in [4.78, 5) is 7.61. The Bertz CT molecular complexity index is 704. The average molecular weight is 368 g/mol. The molecule has 24 heavy (non-hydrogen) atoms. The minimum Gasteiger partial charge on any atom is -0.616 e. The lowest BCUT2D eigenvalue weighted by atomic mass is 9.82. The van der Waals surface area contributed by atoms with Gasteiger partial charge in [-0.05, 0) is 17.7 Å². The van der Waals surface area contributed by atoms with Crippen LogP contribution >= 0.6 is 11.3 Å². The molecule has 1 aromatic heterocycles. The topological polar surface area (TPSA) is 39.2 Å². The second-order valence-electron chi connectivity index (χ2n) is 6.41. The SMILES string of the molecule is [O-][S+]1CCN(c2ccc(-c3cnc(C4CC(F)(F)C4)s3)cc2)CC1. The van der Waals surface area contributed by atoms with Gasteiger partial charge in [-0.1, -0.05) is 23.3 Å². The first kappa shape index (κ1) is 16.3. The predicted octanol–water partition coefficient (Wildman–Crippen LogP) is 3.89. The van der Waals surface area contributed by atoms with E-state index in [-0.39, 0.29) is 18.8 Å². The number of nitrogens with zero attached hydrogens (tertiary/aromatic N) is 2. The molecule has 0 unspecified atom stereocenters. The highest BCUT2D eigenvalue weighted by Crippen LogP contribution is 2.49. The van der Waals surface area contributed by atoms with Crippen LogP contribution in [0.1, 0.15) is 23.8 Å². The van der Waals surface area contributed by atoms with Crippen molar-refractivity contribution in [1.82, 2.24) is 4.98 Å². The second kappa shape index (κ2) is 6.28. The molecule has 0 spiro atoms. The number of aromatic nitrogens is 1. The molecule has 4 rings (SSSR count). The molecular formula is C17H18F2N2OS2. The van der Waals surface area contributed by atoms with Gasteiger partial charge in [0.25, 0.3) is 0 Å². The molecule has 7 heteroatoms. The smallest absolute Gasteiger partial charge is 0.249 e. The van der Waals surface area contributed by atoms with Crippen molar-refractivity contribution in [2.24, 2.45) is 0 Å². The average Bonchev–Trinajstić information content (AvgIpc) is 3.03. The van der Waals surface area contributed by atoms with E-state index in [1.54, 1.807) is 6.20 Å². The quantitative estimate of drug-likeness (QED) is 0.772. The van der Waals surface area contributed by atoms with Crippen molar-refractivity contribution in [2.75, 3.05) is 29.5 Å². The van der Waals surface area contributed by atoms with Crippen molar-refractivity contribution in [1.29, 1.82) is 0 Å². The van der Waals surface area contributed by atoms with Crippen LogP contribution in [0.15, 0.2) is 30.5 Å². The zero-order valence-corrected chi connectivity index (χ0v) is 14.7. The van der Waals surface area contributed by atoms with Crippen molar-refractivity contribution in [3.63, 3.8) is 0 Å². The van der Waals surface area contributed by atoms with Crippen LogP contribution in [-0.4, -0.2) is 40.1 Å². The van der Waals surface area contributed by atoms with Crippen molar-refractivity contribution in [3.05, 3.63) is 35.5 Å². The lowest BCUT2D eigenvalue weighted by molar-refractivity contribution is -0.0867. The van der Waals surface area contributed by atoms with Gasteiger partial charge in [0.15, 0.2) is 0 Å². The van der Waals surface area contributed by atoms with Crippen molar-refractivity contribution in [2.45, 2.75) is 24.7 Å². The van der Waals surface area contributed by atoms with Gasteiger partial charge in [0.05, 0.1) is 23.0 Å². The highest BCUT2D eigenvalue weighted by Gasteiger charge is 2.47. The molecule has 2 heterocycles. The van der Waals surface area contributed by atoms with Crippen LogP contribution < -0.4 is 4.90 Å². The maximum absolute atomic E-state index is 13.0. The van der Waals surface area contributed by atoms with Crippen LogP contribution in [0.2, 0.25) is 0 Å². The van der Waals surface area contributed by atoms with E-state index in [1.807, 2.05) is 12.1 Å². The van der Waals surface area contributed by atoms with Gasteiger partial charge in [-0.15, -0.1) is 11.3 Å². The molecule has 0 N–H and O–H groups in total. The summed E-state index contributed by atoms with van der Waals surface area (Å²) in [6, 6.07) is 8.24. The summed E-state index contributed by atoms with van der Waals surface area (Å²) in [6.07, 6.45) is 1.64. The van der Waals surface area contributed by atoms with Crippen LogP contribution in [0.4, 0.5) is 14.5 Å². The molecule has 3 nitrogen and oxygen atoms in total. The van der Waals surface area contributed by atoms with Gasteiger partial charge in [0.1, 0.15) is 11.5 Å². The van der Waals surface area contributed by atoms with E-state index in [0.717, 1.165) is 45.7 Å². The van der Waals surface area contributed by atoms with Gasteiger partial charge in [-0.25, -0.2) is 13.8 Å². The molecule has 1 aliphatic carbocycles. The second-order valence-corrected chi connectivity index (χ2v) is 9.16. The summed E-state index contributed by atoms with van der Waals surface area (Å²) in [5.74, 6) is -1.14. The molecule has 1 saturated carbocycles. The van der Waals surface area contributed by atoms with E-state index in [4.69, 9.17) is 0 Å². The standard InChI is InChI=1S/C17H18F2N2OS2/c18-17(19)9-13(10-17)16-20-11-15(23-16)12-1-3-14(4-2-12)21-5-7-24(22)8-6-21/h1-4,11,13H,5-10H2. The van der Waals surface area contributed by atoms with E-state index < -0.39 is 17.1 Å². The molecule has 1 saturated heterocycles. The molecule has 2 aliphatic rings. The Morgan fingerprint density at radius 2 is 1.83 bits per heavy atom. The number of halogens is 2. The predicted molar refractivity (Wildman–Crippen MR) is 94.6 cm³/mol. The molecule has 1 aliphatic heterocycles. The van der Waals surface area contributed by atoms with Gasteiger partial charge in [0.2, 0.25) is 5.92 Å². The first-order valence-electron chi connectivity index (χ1n) is 8.04. The number of hydrogen-bond acceptors (Lipinski definition) is 4. The van der Waals surface area contributed by atoms with Crippen molar-refractivity contribution >= 4 is 28.2 Å². The van der Waals surface area contributed by atoms with E-state index >= 15 is 0 Å². The molecule has 0 bridgehead atoms. The van der Waals surface area contributed by atoms with E-state index in [9.17, 15) is 13.3 Å². The first-order chi connectivity index (χ1) is 11.5. The number of alkyl halides is 2. The third-order valence-corrected chi connectivity index (χ3v) is 7.14. The summed E-state index contributed by atoms with van der Waals surface area (Å²) in [5, 5.41) is 0.818. The molecular weight excluding hydrogens is 350 g/mol. The van der Waals surface area contributed by atoms with Crippen LogP contribution in [0.25, 0.3) is 10.4 Å². The number of hydrogen-bond donors (Lipinski definition) is 0. The zero-order chi connectivity index (χ0) is 16.7. The number of benzene rings is 1. The van der Waals surface area contributed by atoms with Gasteiger partial charge < -0.3 is 9.45 Å². The molecule has 0 amide bonds. The van der Waals surface area contributed by atoms with Crippen LogP contribution in [-0.2, 0) is 11.2 Å². The third kappa shape index (κ3) is 3.30. The van der Waals surface area contributed by atoms with Gasteiger partial charge >= 0.3 is 0 Å². The summed E-state index contributed by atoms with van der Waals surface area (Å²) < 4.78 is 37.4. The Hall–Kier alpha value is -1.18. The largest absolute Gasteiger partial charge is 0.616 e. The zero-order valence-electron chi connectivity index (χ0n) is 13.1. The fourth-order valence-electron chi connectivity index (χ4n) is 3.18. The van der Waals surface area contributed by atoms with Gasteiger partial charge in [0, 0.05) is 30.6 Å². The molecule has 2 fully saturated rings. The lowest BCUT2D eigenvalue weighted by Crippen LogP contribution is -2.40. The fraction of sp³-hybridized carbons (Fsp3) is 0.471. The molecule has 128 valence electrons. The van der Waals surface area contributed by atoms with Crippen LogP contribution in [0.5, 0.6) is 0 Å². The van der Waals surface area contributed by atoms with E-state index in [2.05, 4.69) is 22.0 Å². The summed E-state index contributed by atoms with van der Waals surface area (Å²) in [5.41, 5.74) is 2.20. The number of thiazole rings is 1. The third-order valence-electron chi connectivity index (χ3n) is 4.66. The highest BCUT2D eigenvalue weighted by molar-refractivity contribution is 7.91. The summed E-state index contributed by atoms with van der Waals surface area (Å²) >= 11 is 0.841. The van der Waals surface area contributed by atoms with Gasteiger partial charge in [-0.3, -0.25) is 0 Å². The number of rotatable bonds is 3. The lowest BCUT2D eigenvalue weighted by Gasteiger charge is -2.33. The molecule has 1 aromatic carbocycles. The van der Waals surface area contributed by atoms with Crippen molar-refractivity contribution in [3.8, 4) is 10.4 Å². The maximum atomic E-state index is 13.0. The van der Waals surface area contributed by atoms with Gasteiger partial charge in [-0.2, -0.15) is 0 Å². The minimum atomic E-state index is -2.50. The van der Waals surface area contributed by atoms with E-state index in [1.165, 1.54) is 11.3 Å². The monoisotopic (exact) mass is 368 g/mol.